The molecule has 1 aromatic carbocycles. The van der Waals surface area contributed by atoms with E-state index in [9.17, 15) is 4.79 Å². The predicted molar refractivity (Wildman–Crippen MR) is 99.6 cm³/mol. The fourth-order valence-corrected chi connectivity index (χ4v) is 3.30. The van der Waals surface area contributed by atoms with Crippen LogP contribution in [-0.2, 0) is 0 Å². The van der Waals surface area contributed by atoms with Crippen molar-refractivity contribution in [1.82, 2.24) is 14.9 Å². The van der Waals surface area contributed by atoms with Gasteiger partial charge in [0.1, 0.15) is 5.69 Å². The SMILES string of the molecule is Cc1cc(C(=O)N2CCCC(C)C2)nc(NC(C)c2ccccc2)n1. The van der Waals surface area contributed by atoms with Gasteiger partial charge in [0.15, 0.2) is 0 Å². The number of nitrogens with one attached hydrogen (secondary N) is 1. The Bertz CT molecular complexity index is 732. The van der Waals surface area contributed by atoms with Gasteiger partial charge in [0.2, 0.25) is 5.95 Å². The number of nitrogens with zero attached hydrogens (tertiary/aromatic N) is 3. The van der Waals surface area contributed by atoms with Gasteiger partial charge in [-0.1, -0.05) is 37.3 Å². The van der Waals surface area contributed by atoms with E-state index in [0.29, 0.717) is 17.6 Å². The molecule has 2 heterocycles. The van der Waals surface area contributed by atoms with E-state index in [1.807, 2.05) is 30.0 Å². The predicted octanol–water partition coefficient (Wildman–Crippen LogP) is 3.83. The number of benzene rings is 1. The molecule has 0 radical (unpaired) electrons. The molecule has 1 aliphatic heterocycles. The topological polar surface area (TPSA) is 58.1 Å². The maximum Gasteiger partial charge on any atom is 0.272 e. The van der Waals surface area contributed by atoms with Gasteiger partial charge in [-0.05, 0) is 44.2 Å². The Balaban J connectivity index is 1.77. The molecule has 2 atom stereocenters. The van der Waals surface area contributed by atoms with Crippen molar-refractivity contribution in [3.05, 3.63) is 53.3 Å². The van der Waals surface area contributed by atoms with Crippen LogP contribution in [-0.4, -0.2) is 33.9 Å². The molecule has 5 heteroatoms. The van der Waals surface area contributed by atoms with E-state index in [1.165, 1.54) is 6.42 Å². The lowest BCUT2D eigenvalue weighted by molar-refractivity contribution is 0.0677. The Hall–Kier alpha value is -2.43. The second-order valence-corrected chi connectivity index (χ2v) is 6.99. The first-order valence-electron chi connectivity index (χ1n) is 8.99. The summed E-state index contributed by atoms with van der Waals surface area (Å²) in [7, 11) is 0. The number of anilines is 1. The summed E-state index contributed by atoms with van der Waals surface area (Å²) in [6.07, 6.45) is 2.25. The lowest BCUT2D eigenvalue weighted by Gasteiger charge is -2.30. The van der Waals surface area contributed by atoms with Crippen molar-refractivity contribution in [3.63, 3.8) is 0 Å². The summed E-state index contributed by atoms with van der Waals surface area (Å²) < 4.78 is 0. The van der Waals surface area contributed by atoms with Crippen LogP contribution in [0.15, 0.2) is 36.4 Å². The number of amides is 1. The zero-order valence-electron chi connectivity index (χ0n) is 15.2. The summed E-state index contributed by atoms with van der Waals surface area (Å²) in [5.41, 5.74) is 2.43. The highest BCUT2D eigenvalue weighted by Crippen LogP contribution is 2.20. The van der Waals surface area contributed by atoms with Crippen LogP contribution in [0.4, 0.5) is 5.95 Å². The van der Waals surface area contributed by atoms with E-state index < -0.39 is 0 Å². The zero-order valence-corrected chi connectivity index (χ0v) is 15.2. The van der Waals surface area contributed by atoms with E-state index in [2.05, 4.69) is 41.3 Å². The molecular formula is C20H26N4O. The molecule has 0 aliphatic carbocycles. The van der Waals surface area contributed by atoms with E-state index in [0.717, 1.165) is 30.8 Å². The van der Waals surface area contributed by atoms with Gasteiger partial charge in [-0.25, -0.2) is 9.97 Å². The van der Waals surface area contributed by atoms with Gasteiger partial charge in [-0.15, -0.1) is 0 Å². The van der Waals surface area contributed by atoms with Gasteiger partial charge in [0.05, 0.1) is 6.04 Å². The molecular weight excluding hydrogens is 312 g/mol. The Morgan fingerprint density at radius 1 is 1.28 bits per heavy atom. The Morgan fingerprint density at radius 2 is 2.04 bits per heavy atom. The summed E-state index contributed by atoms with van der Waals surface area (Å²) in [5.74, 6) is 1.06. The van der Waals surface area contributed by atoms with Crippen LogP contribution < -0.4 is 5.32 Å². The third-order valence-corrected chi connectivity index (χ3v) is 4.66. The quantitative estimate of drug-likeness (QED) is 0.920. The number of carbonyl (C=O) groups excluding carboxylic acids is 1. The number of carbonyl (C=O) groups is 1. The van der Waals surface area contributed by atoms with Gasteiger partial charge in [-0.3, -0.25) is 4.79 Å². The van der Waals surface area contributed by atoms with Crippen LogP contribution >= 0.6 is 0 Å². The minimum absolute atomic E-state index is 0.00691. The molecule has 1 aliphatic rings. The Kier molecular flexibility index (Phi) is 5.31. The maximum atomic E-state index is 12.8. The number of hydrogen-bond acceptors (Lipinski definition) is 4. The first kappa shape index (κ1) is 17.4. The third kappa shape index (κ3) is 4.35. The summed E-state index contributed by atoms with van der Waals surface area (Å²) >= 11 is 0. The minimum atomic E-state index is 0.00691. The van der Waals surface area contributed by atoms with Gasteiger partial charge in [0.25, 0.3) is 5.91 Å². The number of aromatic nitrogens is 2. The van der Waals surface area contributed by atoms with Gasteiger partial charge < -0.3 is 10.2 Å². The molecule has 2 aromatic rings. The van der Waals surface area contributed by atoms with Crippen LogP contribution in [0.3, 0.4) is 0 Å². The van der Waals surface area contributed by atoms with Crippen molar-refractivity contribution in [3.8, 4) is 0 Å². The third-order valence-electron chi connectivity index (χ3n) is 4.66. The lowest BCUT2D eigenvalue weighted by atomic mass is 10.00. The van der Waals surface area contributed by atoms with Crippen molar-refractivity contribution in [2.24, 2.45) is 5.92 Å². The number of rotatable bonds is 4. The van der Waals surface area contributed by atoms with Crippen molar-refractivity contribution in [2.75, 3.05) is 18.4 Å². The number of likely N-dealkylation sites (tertiary alicyclic amines) is 1. The smallest absolute Gasteiger partial charge is 0.272 e. The van der Waals surface area contributed by atoms with Crippen LogP contribution in [0.2, 0.25) is 0 Å². The highest BCUT2D eigenvalue weighted by Gasteiger charge is 2.23. The summed E-state index contributed by atoms with van der Waals surface area (Å²) in [5, 5.41) is 3.31. The number of hydrogen-bond donors (Lipinski definition) is 1. The number of aryl methyl sites for hydroxylation is 1. The van der Waals surface area contributed by atoms with E-state index in [1.54, 1.807) is 6.07 Å². The monoisotopic (exact) mass is 338 g/mol. The second kappa shape index (κ2) is 7.64. The Labute approximate surface area is 149 Å². The van der Waals surface area contributed by atoms with E-state index in [4.69, 9.17) is 0 Å². The lowest BCUT2D eigenvalue weighted by Crippen LogP contribution is -2.39. The second-order valence-electron chi connectivity index (χ2n) is 6.99. The highest BCUT2D eigenvalue weighted by atomic mass is 16.2. The van der Waals surface area contributed by atoms with Gasteiger partial charge in [0, 0.05) is 18.8 Å². The average Bonchev–Trinajstić information content (AvgIpc) is 2.61. The molecule has 0 saturated carbocycles. The molecule has 1 amide bonds. The van der Waals surface area contributed by atoms with Crippen molar-refractivity contribution >= 4 is 11.9 Å². The van der Waals surface area contributed by atoms with Crippen molar-refractivity contribution < 1.29 is 4.79 Å². The molecule has 1 N–H and O–H groups in total. The molecule has 2 unspecified atom stereocenters. The van der Waals surface area contributed by atoms with Crippen LogP contribution in [0, 0.1) is 12.8 Å². The normalized spacial score (nSPS) is 18.7. The average molecular weight is 338 g/mol. The van der Waals surface area contributed by atoms with E-state index >= 15 is 0 Å². The first-order valence-corrected chi connectivity index (χ1v) is 8.99. The summed E-state index contributed by atoms with van der Waals surface area (Å²) in [6.45, 7) is 7.78. The van der Waals surface area contributed by atoms with Crippen LogP contribution in [0.1, 0.15) is 54.5 Å². The first-order chi connectivity index (χ1) is 12.0. The number of piperidine rings is 1. The fraction of sp³-hybridized carbons (Fsp3) is 0.450. The van der Waals surface area contributed by atoms with E-state index in [-0.39, 0.29) is 11.9 Å². The molecule has 25 heavy (non-hydrogen) atoms. The zero-order chi connectivity index (χ0) is 17.8. The molecule has 0 spiro atoms. The molecule has 1 fully saturated rings. The maximum absolute atomic E-state index is 12.8. The minimum Gasteiger partial charge on any atom is -0.348 e. The molecule has 5 nitrogen and oxygen atoms in total. The van der Waals surface area contributed by atoms with Gasteiger partial charge >= 0.3 is 0 Å². The van der Waals surface area contributed by atoms with Crippen LogP contribution in [0.5, 0.6) is 0 Å². The molecule has 1 saturated heterocycles. The van der Waals surface area contributed by atoms with Gasteiger partial charge in [-0.2, -0.15) is 0 Å². The fourth-order valence-electron chi connectivity index (χ4n) is 3.30. The highest BCUT2D eigenvalue weighted by molar-refractivity contribution is 5.92. The molecule has 132 valence electrons. The summed E-state index contributed by atoms with van der Waals surface area (Å²) in [4.78, 5) is 23.7. The largest absolute Gasteiger partial charge is 0.348 e. The standard InChI is InChI=1S/C20H26N4O/c1-14-8-7-11-24(13-14)19(25)18-12-15(2)21-20(23-18)22-16(3)17-9-5-4-6-10-17/h4-6,9-10,12,14,16H,7-8,11,13H2,1-3H3,(H,21,22,23). The van der Waals surface area contributed by atoms with Crippen molar-refractivity contribution in [2.45, 2.75) is 39.7 Å². The molecule has 3 rings (SSSR count). The van der Waals surface area contributed by atoms with Crippen molar-refractivity contribution in [1.29, 1.82) is 0 Å². The molecule has 0 bridgehead atoms. The molecule has 1 aromatic heterocycles. The van der Waals surface area contributed by atoms with Crippen LogP contribution in [0.25, 0.3) is 0 Å². The summed E-state index contributed by atoms with van der Waals surface area (Å²) in [6, 6.07) is 12.0. The Morgan fingerprint density at radius 3 is 2.76 bits per heavy atom.